The van der Waals surface area contributed by atoms with Crippen molar-refractivity contribution in [3.05, 3.63) is 29.6 Å². The van der Waals surface area contributed by atoms with Crippen LogP contribution in [0.5, 0.6) is 5.75 Å². The molecule has 0 aromatic heterocycles. The second-order valence-corrected chi connectivity index (χ2v) is 4.90. The summed E-state index contributed by atoms with van der Waals surface area (Å²) in [6.07, 6.45) is 3.45. The van der Waals surface area contributed by atoms with Gasteiger partial charge in [0, 0.05) is 12.1 Å². The van der Waals surface area contributed by atoms with E-state index in [0.717, 1.165) is 25.7 Å². The summed E-state index contributed by atoms with van der Waals surface area (Å²) in [6.45, 7) is 0. The molecule has 3 N–H and O–H groups in total. The van der Waals surface area contributed by atoms with Crippen LogP contribution in [0.2, 0.25) is 0 Å². The monoisotopic (exact) mass is 302 g/mol. The van der Waals surface area contributed by atoms with E-state index in [4.69, 9.17) is 10.5 Å². The quantitative estimate of drug-likeness (QED) is 0.900. The molecule has 0 heterocycles. The van der Waals surface area contributed by atoms with Gasteiger partial charge in [0.1, 0.15) is 17.1 Å². The molecule has 1 aliphatic carbocycles. The molecule has 0 radical (unpaired) electrons. The first kappa shape index (κ1) is 16.7. The van der Waals surface area contributed by atoms with E-state index in [-0.39, 0.29) is 35.8 Å². The van der Waals surface area contributed by atoms with Gasteiger partial charge in [-0.1, -0.05) is 6.07 Å². The minimum atomic E-state index is -0.565. The number of ether oxygens (including phenoxy) is 1. The van der Waals surface area contributed by atoms with Gasteiger partial charge in [-0.25, -0.2) is 4.39 Å². The van der Waals surface area contributed by atoms with Gasteiger partial charge in [0.05, 0.1) is 7.11 Å². The number of methoxy groups -OCH3 is 1. The van der Waals surface area contributed by atoms with Crippen LogP contribution in [0.25, 0.3) is 0 Å². The zero-order chi connectivity index (χ0) is 13.8. The molecule has 1 amide bonds. The Morgan fingerprint density at radius 1 is 1.35 bits per heavy atom. The molecule has 0 unspecified atom stereocenters. The molecule has 20 heavy (non-hydrogen) atoms. The molecule has 1 saturated carbocycles. The van der Waals surface area contributed by atoms with Crippen molar-refractivity contribution in [1.82, 2.24) is 5.32 Å². The van der Waals surface area contributed by atoms with Crippen molar-refractivity contribution in [3.8, 4) is 5.75 Å². The van der Waals surface area contributed by atoms with Crippen LogP contribution in [-0.2, 0) is 0 Å². The number of nitrogens with one attached hydrogen (secondary N) is 1. The molecule has 2 rings (SSSR count). The highest BCUT2D eigenvalue weighted by Crippen LogP contribution is 2.23. The molecular weight excluding hydrogens is 283 g/mol. The maximum atomic E-state index is 13.7. The Morgan fingerprint density at radius 3 is 2.60 bits per heavy atom. The van der Waals surface area contributed by atoms with Crippen molar-refractivity contribution < 1.29 is 13.9 Å². The Labute approximate surface area is 124 Å². The molecule has 0 spiro atoms. The number of nitrogens with two attached hydrogens (primary N) is 1. The predicted molar refractivity (Wildman–Crippen MR) is 77.9 cm³/mol. The fourth-order valence-corrected chi connectivity index (χ4v) is 2.42. The van der Waals surface area contributed by atoms with Crippen LogP contribution in [0.15, 0.2) is 18.2 Å². The Balaban J connectivity index is 0.00000200. The van der Waals surface area contributed by atoms with Crippen LogP contribution in [-0.4, -0.2) is 25.1 Å². The van der Waals surface area contributed by atoms with E-state index < -0.39 is 11.7 Å². The maximum absolute atomic E-state index is 13.7. The van der Waals surface area contributed by atoms with Crippen molar-refractivity contribution >= 4 is 18.3 Å². The molecule has 112 valence electrons. The van der Waals surface area contributed by atoms with Crippen molar-refractivity contribution in [2.45, 2.75) is 37.8 Å². The number of carbonyl (C=O) groups is 1. The first-order chi connectivity index (χ1) is 9.11. The van der Waals surface area contributed by atoms with Crippen LogP contribution in [0.4, 0.5) is 4.39 Å². The summed E-state index contributed by atoms with van der Waals surface area (Å²) in [6, 6.07) is 4.64. The summed E-state index contributed by atoms with van der Waals surface area (Å²) in [5.41, 5.74) is 5.79. The SMILES string of the molecule is COc1cccc(F)c1C(=O)NC1CCC(N)CC1.Cl. The van der Waals surface area contributed by atoms with Crippen LogP contribution in [0, 0.1) is 5.82 Å². The third kappa shape index (κ3) is 3.84. The van der Waals surface area contributed by atoms with E-state index in [1.165, 1.54) is 19.2 Å². The van der Waals surface area contributed by atoms with E-state index >= 15 is 0 Å². The molecule has 4 nitrogen and oxygen atoms in total. The van der Waals surface area contributed by atoms with E-state index in [9.17, 15) is 9.18 Å². The Kier molecular flexibility index (Phi) is 6.23. The van der Waals surface area contributed by atoms with Crippen LogP contribution >= 0.6 is 12.4 Å². The standard InChI is InChI=1S/C14H19FN2O2.ClH/c1-19-12-4-2-3-11(15)13(12)14(18)17-10-7-5-9(16)6-8-10;/h2-4,9-10H,5-8,16H2,1H3,(H,17,18);1H. The van der Waals surface area contributed by atoms with Gasteiger partial charge in [0.25, 0.3) is 5.91 Å². The van der Waals surface area contributed by atoms with Gasteiger partial charge in [-0.3, -0.25) is 4.79 Å². The zero-order valence-electron chi connectivity index (χ0n) is 11.4. The van der Waals surface area contributed by atoms with Gasteiger partial charge in [-0.2, -0.15) is 0 Å². The molecule has 1 aromatic rings. The van der Waals surface area contributed by atoms with Crippen LogP contribution in [0.3, 0.4) is 0 Å². The lowest BCUT2D eigenvalue weighted by Crippen LogP contribution is -2.40. The highest BCUT2D eigenvalue weighted by Gasteiger charge is 2.23. The van der Waals surface area contributed by atoms with Gasteiger partial charge >= 0.3 is 0 Å². The Bertz CT molecular complexity index is 462. The summed E-state index contributed by atoms with van der Waals surface area (Å²) < 4.78 is 18.8. The summed E-state index contributed by atoms with van der Waals surface area (Å²) in [5.74, 6) is -0.732. The number of halogens is 2. The Hall–Kier alpha value is -1.33. The molecule has 0 saturated heterocycles. The molecule has 1 aromatic carbocycles. The summed E-state index contributed by atoms with van der Waals surface area (Å²) in [5, 5.41) is 2.86. The maximum Gasteiger partial charge on any atom is 0.258 e. The van der Waals surface area contributed by atoms with Gasteiger partial charge in [-0.15, -0.1) is 12.4 Å². The fraction of sp³-hybridized carbons (Fsp3) is 0.500. The first-order valence-corrected chi connectivity index (χ1v) is 6.50. The van der Waals surface area contributed by atoms with Crippen molar-refractivity contribution in [2.24, 2.45) is 5.73 Å². The van der Waals surface area contributed by atoms with Crippen LogP contribution in [0.1, 0.15) is 36.0 Å². The Morgan fingerprint density at radius 2 is 2.00 bits per heavy atom. The number of hydrogen-bond acceptors (Lipinski definition) is 3. The largest absolute Gasteiger partial charge is 0.496 e. The normalized spacial score (nSPS) is 21.8. The smallest absolute Gasteiger partial charge is 0.258 e. The van der Waals surface area contributed by atoms with Gasteiger partial charge in [0.2, 0.25) is 0 Å². The van der Waals surface area contributed by atoms with Gasteiger partial charge < -0.3 is 15.8 Å². The van der Waals surface area contributed by atoms with Crippen molar-refractivity contribution in [1.29, 1.82) is 0 Å². The van der Waals surface area contributed by atoms with Crippen molar-refractivity contribution in [3.63, 3.8) is 0 Å². The van der Waals surface area contributed by atoms with E-state index in [0.29, 0.717) is 0 Å². The van der Waals surface area contributed by atoms with E-state index in [1.807, 2.05) is 0 Å². The highest BCUT2D eigenvalue weighted by atomic mass is 35.5. The van der Waals surface area contributed by atoms with E-state index in [1.54, 1.807) is 6.07 Å². The average Bonchev–Trinajstić information content (AvgIpc) is 2.40. The molecular formula is C14H20ClFN2O2. The lowest BCUT2D eigenvalue weighted by molar-refractivity contribution is 0.0918. The number of hydrogen-bond donors (Lipinski definition) is 2. The molecule has 1 aliphatic rings. The van der Waals surface area contributed by atoms with Crippen LogP contribution < -0.4 is 15.8 Å². The fourth-order valence-electron chi connectivity index (χ4n) is 2.42. The molecule has 0 atom stereocenters. The molecule has 0 aliphatic heterocycles. The molecule has 6 heteroatoms. The molecule has 0 bridgehead atoms. The number of amides is 1. The molecule has 1 fully saturated rings. The summed E-state index contributed by atoms with van der Waals surface area (Å²) in [4.78, 5) is 12.1. The number of rotatable bonds is 3. The summed E-state index contributed by atoms with van der Waals surface area (Å²) in [7, 11) is 1.42. The minimum Gasteiger partial charge on any atom is -0.496 e. The lowest BCUT2D eigenvalue weighted by Gasteiger charge is -2.27. The third-order valence-electron chi connectivity index (χ3n) is 3.53. The highest BCUT2D eigenvalue weighted by molar-refractivity contribution is 5.97. The van der Waals surface area contributed by atoms with Gasteiger partial charge in [-0.05, 0) is 37.8 Å². The van der Waals surface area contributed by atoms with E-state index in [2.05, 4.69) is 5.32 Å². The number of benzene rings is 1. The lowest BCUT2D eigenvalue weighted by atomic mass is 9.91. The predicted octanol–water partition coefficient (Wildman–Crippen LogP) is 2.26. The van der Waals surface area contributed by atoms with Gasteiger partial charge in [0.15, 0.2) is 0 Å². The van der Waals surface area contributed by atoms with Crippen molar-refractivity contribution in [2.75, 3.05) is 7.11 Å². The average molecular weight is 303 g/mol. The second kappa shape index (κ2) is 7.45. The summed E-state index contributed by atoms with van der Waals surface area (Å²) >= 11 is 0. The topological polar surface area (TPSA) is 64.3 Å². The second-order valence-electron chi connectivity index (χ2n) is 4.90. The number of carbonyl (C=O) groups excluding carboxylic acids is 1. The minimum absolute atomic E-state index is 0. The first-order valence-electron chi connectivity index (χ1n) is 6.50. The third-order valence-corrected chi connectivity index (χ3v) is 3.53. The zero-order valence-corrected chi connectivity index (χ0v) is 12.2.